The smallest absolute Gasteiger partial charge is 0.335 e. The number of fused-ring (bicyclic) bond motifs is 2. The van der Waals surface area contributed by atoms with E-state index < -0.39 is 23.5 Å². The molecule has 8 heteroatoms. The molecule has 2 aromatic carbocycles. The Bertz CT molecular complexity index is 1300. The minimum absolute atomic E-state index is 0.146. The van der Waals surface area contributed by atoms with E-state index in [2.05, 4.69) is 16.7 Å². The fraction of sp³-hybridized carbons (Fsp3) is 0.500. The number of carbonyl (C=O) groups is 4. The SMILES string of the molecule is CC[C@@H](C)C(=O)N[C@H](C(=O)N1Cc2ccc(C(=O)O)cc2CC1C(=O)NC1CCCc2ccccc21)C(C)(C)C. The molecule has 2 aromatic rings. The van der Waals surface area contributed by atoms with Gasteiger partial charge in [-0.15, -0.1) is 0 Å². The second kappa shape index (κ2) is 11.8. The number of carboxylic acids is 1. The van der Waals surface area contributed by atoms with Crippen molar-refractivity contribution in [3.63, 3.8) is 0 Å². The lowest BCUT2D eigenvalue weighted by molar-refractivity contribution is -0.147. The number of aryl methyl sites for hydroxylation is 1. The van der Waals surface area contributed by atoms with E-state index in [-0.39, 0.29) is 48.2 Å². The van der Waals surface area contributed by atoms with Crippen molar-refractivity contribution in [1.29, 1.82) is 0 Å². The summed E-state index contributed by atoms with van der Waals surface area (Å²) in [7, 11) is 0. The van der Waals surface area contributed by atoms with Crippen molar-refractivity contribution in [2.24, 2.45) is 11.3 Å². The van der Waals surface area contributed by atoms with Crippen molar-refractivity contribution in [2.75, 3.05) is 0 Å². The first-order valence-corrected chi connectivity index (χ1v) is 14.2. The Labute approximate surface area is 236 Å². The molecule has 214 valence electrons. The third kappa shape index (κ3) is 6.21. The molecule has 0 bridgehead atoms. The Morgan fingerprint density at radius 2 is 1.77 bits per heavy atom. The zero-order valence-corrected chi connectivity index (χ0v) is 24.1. The van der Waals surface area contributed by atoms with Crippen LogP contribution < -0.4 is 10.6 Å². The highest BCUT2D eigenvalue weighted by atomic mass is 16.4. The average Bonchev–Trinajstić information content (AvgIpc) is 2.93. The van der Waals surface area contributed by atoms with Gasteiger partial charge in [0.15, 0.2) is 0 Å². The van der Waals surface area contributed by atoms with Crippen LogP contribution in [0.25, 0.3) is 0 Å². The fourth-order valence-corrected chi connectivity index (χ4v) is 5.64. The molecular formula is C32H41N3O5. The molecule has 0 radical (unpaired) electrons. The van der Waals surface area contributed by atoms with Crippen molar-refractivity contribution in [1.82, 2.24) is 15.5 Å². The van der Waals surface area contributed by atoms with E-state index in [0.717, 1.165) is 36.0 Å². The summed E-state index contributed by atoms with van der Waals surface area (Å²) in [5.41, 5.74) is 3.39. The second-order valence-electron chi connectivity index (χ2n) is 12.2. The summed E-state index contributed by atoms with van der Waals surface area (Å²) in [6.07, 6.45) is 3.56. The summed E-state index contributed by atoms with van der Waals surface area (Å²) in [6.45, 7) is 9.61. The van der Waals surface area contributed by atoms with Crippen molar-refractivity contribution >= 4 is 23.7 Å². The molecule has 8 nitrogen and oxygen atoms in total. The predicted molar refractivity (Wildman–Crippen MR) is 153 cm³/mol. The lowest BCUT2D eigenvalue weighted by Gasteiger charge is -2.41. The fourth-order valence-electron chi connectivity index (χ4n) is 5.64. The van der Waals surface area contributed by atoms with Gasteiger partial charge in [0.25, 0.3) is 0 Å². The Morgan fingerprint density at radius 3 is 2.45 bits per heavy atom. The maximum absolute atomic E-state index is 14.2. The van der Waals surface area contributed by atoms with Gasteiger partial charge in [-0.05, 0) is 65.5 Å². The highest BCUT2D eigenvalue weighted by Crippen LogP contribution is 2.32. The molecule has 2 unspecified atom stereocenters. The Balaban J connectivity index is 1.68. The monoisotopic (exact) mass is 547 g/mol. The number of hydrogen-bond donors (Lipinski definition) is 3. The Kier molecular flexibility index (Phi) is 8.66. The zero-order chi connectivity index (χ0) is 29.2. The molecule has 4 atom stereocenters. The molecule has 2 aliphatic rings. The highest BCUT2D eigenvalue weighted by Gasteiger charge is 2.43. The van der Waals surface area contributed by atoms with Crippen LogP contribution in [0.1, 0.15) is 92.5 Å². The number of amides is 3. The van der Waals surface area contributed by atoms with Crippen LogP contribution in [0.5, 0.6) is 0 Å². The van der Waals surface area contributed by atoms with Gasteiger partial charge >= 0.3 is 5.97 Å². The number of hydrogen-bond acceptors (Lipinski definition) is 4. The van der Waals surface area contributed by atoms with Crippen LogP contribution in [0.3, 0.4) is 0 Å². The third-order valence-electron chi connectivity index (χ3n) is 8.31. The van der Waals surface area contributed by atoms with Gasteiger partial charge in [-0.2, -0.15) is 0 Å². The van der Waals surface area contributed by atoms with Crippen LogP contribution in [0.4, 0.5) is 0 Å². The van der Waals surface area contributed by atoms with Gasteiger partial charge in [-0.25, -0.2) is 4.79 Å². The molecule has 4 rings (SSSR count). The number of aromatic carboxylic acids is 1. The normalized spacial score (nSPS) is 20.0. The number of rotatable bonds is 7. The van der Waals surface area contributed by atoms with Crippen molar-refractivity contribution in [3.05, 3.63) is 70.3 Å². The van der Waals surface area contributed by atoms with E-state index >= 15 is 0 Å². The lowest BCUT2D eigenvalue weighted by atomic mass is 9.83. The largest absolute Gasteiger partial charge is 0.478 e. The standard InChI is InChI=1S/C32H41N3O5/c1-6-19(2)28(36)34-27(32(3,4)5)30(38)35-18-22-15-14-21(31(39)40)16-23(22)17-26(35)29(37)33-25-13-9-11-20-10-7-8-12-24(20)25/h7-8,10,12,14-16,19,25-27H,6,9,11,13,17-18H2,1-5H3,(H,33,37)(H,34,36)(H,39,40)/t19-,25?,26?,27-/m1/s1. The molecule has 40 heavy (non-hydrogen) atoms. The topological polar surface area (TPSA) is 116 Å². The second-order valence-corrected chi connectivity index (χ2v) is 12.2. The molecule has 3 amide bonds. The predicted octanol–water partition coefficient (Wildman–Crippen LogP) is 4.41. The van der Waals surface area contributed by atoms with E-state index in [4.69, 9.17) is 0 Å². The summed E-state index contributed by atoms with van der Waals surface area (Å²) >= 11 is 0. The maximum atomic E-state index is 14.2. The summed E-state index contributed by atoms with van der Waals surface area (Å²) < 4.78 is 0. The van der Waals surface area contributed by atoms with E-state index in [9.17, 15) is 24.3 Å². The van der Waals surface area contributed by atoms with Gasteiger partial charge in [-0.1, -0.05) is 65.0 Å². The summed E-state index contributed by atoms with van der Waals surface area (Å²) in [6, 6.07) is 11.1. The lowest BCUT2D eigenvalue weighted by Crippen LogP contribution is -2.61. The molecule has 0 fully saturated rings. The summed E-state index contributed by atoms with van der Waals surface area (Å²) in [4.78, 5) is 54.3. The number of carboxylic acid groups (broad SMARTS) is 1. The van der Waals surface area contributed by atoms with Crippen LogP contribution in [0, 0.1) is 11.3 Å². The first-order valence-electron chi connectivity index (χ1n) is 14.2. The van der Waals surface area contributed by atoms with Gasteiger partial charge in [0.1, 0.15) is 12.1 Å². The van der Waals surface area contributed by atoms with E-state index in [0.29, 0.717) is 6.42 Å². The first kappa shape index (κ1) is 29.3. The maximum Gasteiger partial charge on any atom is 0.335 e. The molecule has 3 N–H and O–H groups in total. The quantitative estimate of drug-likeness (QED) is 0.475. The zero-order valence-electron chi connectivity index (χ0n) is 24.1. The molecule has 0 saturated carbocycles. The van der Waals surface area contributed by atoms with Crippen molar-refractivity contribution < 1.29 is 24.3 Å². The minimum atomic E-state index is -1.04. The van der Waals surface area contributed by atoms with E-state index in [1.165, 1.54) is 11.6 Å². The molecule has 1 aliphatic heterocycles. The molecule has 1 heterocycles. The van der Waals surface area contributed by atoms with Gasteiger partial charge in [-0.3, -0.25) is 14.4 Å². The number of nitrogens with zero attached hydrogens (tertiary/aromatic N) is 1. The molecule has 0 aromatic heterocycles. The van der Waals surface area contributed by atoms with Gasteiger partial charge in [0.05, 0.1) is 11.6 Å². The van der Waals surface area contributed by atoms with E-state index in [1.807, 2.05) is 52.8 Å². The van der Waals surface area contributed by atoms with Crippen LogP contribution in [0.15, 0.2) is 42.5 Å². The molecular weight excluding hydrogens is 506 g/mol. The van der Waals surface area contributed by atoms with Gasteiger partial charge in [0, 0.05) is 18.9 Å². The van der Waals surface area contributed by atoms with E-state index in [1.54, 1.807) is 17.0 Å². The van der Waals surface area contributed by atoms with Crippen LogP contribution in [-0.2, 0) is 33.8 Å². The Hall–Kier alpha value is -3.68. The average molecular weight is 548 g/mol. The number of nitrogens with one attached hydrogen (secondary N) is 2. The van der Waals surface area contributed by atoms with Crippen molar-refractivity contribution in [2.45, 2.75) is 91.4 Å². The molecule has 1 aliphatic carbocycles. The van der Waals surface area contributed by atoms with Crippen LogP contribution >= 0.6 is 0 Å². The highest BCUT2D eigenvalue weighted by molar-refractivity contribution is 5.94. The van der Waals surface area contributed by atoms with Gasteiger partial charge < -0.3 is 20.6 Å². The number of carbonyl (C=O) groups excluding carboxylic acids is 3. The van der Waals surface area contributed by atoms with Crippen LogP contribution in [0.2, 0.25) is 0 Å². The van der Waals surface area contributed by atoms with Crippen LogP contribution in [-0.4, -0.2) is 45.8 Å². The summed E-state index contributed by atoms with van der Waals surface area (Å²) in [5, 5.41) is 15.7. The summed E-state index contributed by atoms with van der Waals surface area (Å²) in [5.74, 6) is -2.08. The van der Waals surface area contributed by atoms with Crippen molar-refractivity contribution in [3.8, 4) is 0 Å². The number of benzene rings is 2. The minimum Gasteiger partial charge on any atom is -0.478 e. The molecule has 0 saturated heterocycles. The molecule has 0 spiro atoms. The Morgan fingerprint density at radius 1 is 1.05 bits per heavy atom. The first-order chi connectivity index (χ1) is 18.9. The van der Waals surface area contributed by atoms with Gasteiger partial charge in [0.2, 0.25) is 17.7 Å². The third-order valence-corrected chi connectivity index (χ3v) is 8.31.